The van der Waals surface area contributed by atoms with E-state index >= 15 is 0 Å². The lowest BCUT2D eigenvalue weighted by molar-refractivity contribution is -0.121. The first-order valence-corrected chi connectivity index (χ1v) is 10.6. The molecule has 1 heterocycles. The van der Waals surface area contributed by atoms with Crippen molar-refractivity contribution in [2.24, 2.45) is 0 Å². The third-order valence-corrected chi connectivity index (χ3v) is 4.81. The second kappa shape index (κ2) is 12.3. The molecule has 0 radical (unpaired) electrons. The molecule has 7 heteroatoms. The summed E-state index contributed by atoms with van der Waals surface area (Å²) in [6.07, 6.45) is 1.84. The van der Waals surface area contributed by atoms with Gasteiger partial charge in [-0.25, -0.2) is 4.79 Å². The molecule has 0 fully saturated rings. The quantitative estimate of drug-likeness (QED) is 0.479. The van der Waals surface area contributed by atoms with E-state index in [9.17, 15) is 9.59 Å². The predicted molar refractivity (Wildman–Crippen MR) is 121 cm³/mol. The normalized spacial score (nSPS) is 10.5. The number of carbonyl (C=O) groups is 2. The number of amides is 3. The van der Waals surface area contributed by atoms with Gasteiger partial charge in [0.2, 0.25) is 5.91 Å². The first-order valence-electron chi connectivity index (χ1n) is 10.6. The first kappa shape index (κ1) is 23.1. The number of rotatable bonds is 11. The van der Waals surface area contributed by atoms with Gasteiger partial charge in [0.1, 0.15) is 12.4 Å². The zero-order valence-corrected chi connectivity index (χ0v) is 18.3. The van der Waals surface area contributed by atoms with Gasteiger partial charge in [-0.05, 0) is 28.8 Å². The molecule has 1 aromatic heterocycles. The Morgan fingerprint density at radius 2 is 1.69 bits per heavy atom. The van der Waals surface area contributed by atoms with E-state index in [1.807, 2.05) is 66.7 Å². The zero-order valence-electron chi connectivity index (χ0n) is 18.3. The second-order valence-corrected chi connectivity index (χ2v) is 7.49. The number of urea groups is 1. The summed E-state index contributed by atoms with van der Waals surface area (Å²) in [5.74, 6) is 0.669. The monoisotopic (exact) mass is 435 g/mol. The molecule has 32 heavy (non-hydrogen) atoms. The van der Waals surface area contributed by atoms with E-state index in [1.54, 1.807) is 18.2 Å². The third-order valence-electron chi connectivity index (χ3n) is 4.81. The molecular weight excluding hydrogens is 406 g/mol. The Hall–Kier alpha value is -3.58. The van der Waals surface area contributed by atoms with Crippen molar-refractivity contribution in [1.29, 1.82) is 0 Å². The highest BCUT2D eigenvalue weighted by molar-refractivity contribution is 5.78. The van der Waals surface area contributed by atoms with Gasteiger partial charge in [0.15, 0.2) is 0 Å². The maximum Gasteiger partial charge on any atom is 0.317 e. The fourth-order valence-electron chi connectivity index (χ4n) is 3.13. The minimum absolute atomic E-state index is 0.115. The lowest BCUT2D eigenvalue weighted by Crippen LogP contribution is -2.38. The molecule has 7 nitrogen and oxygen atoms in total. The summed E-state index contributed by atoms with van der Waals surface area (Å²) in [4.78, 5) is 25.9. The topological polar surface area (TPSA) is 83.8 Å². The largest absolute Gasteiger partial charge is 0.467 e. The number of nitrogens with one attached hydrogen (secondary N) is 2. The SMILES string of the molecule is CN(Cc1ccccc1)C(=O)NCCC(=O)NCc1cccc(COCc2ccco2)c1. The van der Waals surface area contributed by atoms with Crippen LogP contribution in [0.2, 0.25) is 0 Å². The van der Waals surface area contributed by atoms with Crippen LogP contribution in [0.15, 0.2) is 77.4 Å². The molecule has 3 amide bonds. The number of nitrogens with zero attached hydrogens (tertiary/aromatic N) is 1. The molecule has 0 saturated heterocycles. The summed E-state index contributed by atoms with van der Waals surface area (Å²) in [5, 5.41) is 5.67. The summed E-state index contributed by atoms with van der Waals surface area (Å²) >= 11 is 0. The van der Waals surface area contributed by atoms with E-state index in [4.69, 9.17) is 9.15 Å². The maximum absolute atomic E-state index is 12.2. The van der Waals surface area contributed by atoms with Crippen LogP contribution in [0.1, 0.15) is 28.9 Å². The molecule has 0 aliphatic heterocycles. The zero-order chi connectivity index (χ0) is 22.6. The van der Waals surface area contributed by atoms with Crippen LogP contribution >= 0.6 is 0 Å². The van der Waals surface area contributed by atoms with Crippen molar-refractivity contribution >= 4 is 11.9 Å². The highest BCUT2D eigenvalue weighted by atomic mass is 16.5. The van der Waals surface area contributed by atoms with E-state index in [2.05, 4.69) is 10.6 Å². The van der Waals surface area contributed by atoms with Crippen LogP contribution < -0.4 is 10.6 Å². The predicted octanol–water partition coefficient (Wildman–Crippen LogP) is 3.84. The highest BCUT2D eigenvalue weighted by Gasteiger charge is 2.09. The molecule has 0 aliphatic carbocycles. The van der Waals surface area contributed by atoms with Gasteiger partial charge in [0.05, 0.1) is 12.9 Å². The van der Waals surface area contributed by atoms with Crippen molar-refractivity contribution in [3.63, 3.8) is 0 Å². The van der Waals surface area contributed by atoms with Crippen molar-refractivity contribution in [2.45, 2.75) is 32.7 Å². The Bertz CT molecular complexity index is 974. The summed E-state index contributed by atoms with van der Waals surface area (Å²) in [7, 11) is 1.73. The van der Waals surface area contributed by atoms with E-state index in [0.717, 1.165) is 22.5 Å². The Kier molecular flexibility index (Phi) is 8.89. The van der Waals surface area contributed by atoms with E-state index in [1.165, 1.54) is 0 Å². The van der Waals surface area contributed by atoms with Crippen LogP contribution in [0.4, 0.5) is 4.79 Å². The van der Waals surface area contributed by atoms with Gasteiger partial charge < -0.3 is 24.7 Å². The van der Waals surface area contributed by atoms with Crippen LogP contribution in [0.3, 0.4) is 0 Å². The first-order chi connectivity index (χ1) is 15.6. The lowest BCUT2D eigenvalue weighted by atomic mass is 10.1. The van der Waals surface area contributed by atoms with Crippen molar-refractivity contribution < 1.29 is 18.7 Å². The van der Waals surface area contributed by atoms with E-state index < -0.39 is 0 Å². The molecule has 2 N–H and O–H groups in total. The van der Waals surface area contributed by atoms with Crippen molar-refractivity contribution in [1.82, 2.24) is 15.5 Å². The third kappa shape index (κ3) is 7.92. The van der Waals surface area contributed by atoms with Gasteiger partial charge in [-0.15, -0.1) is 0 Å². The van der Waals surface area contributed by atoms with Crippen molar-refractivity contribution in [2.75, 3.05) is 13.6 Å². The standard InChI is InChI=1S/C25H29N3O4/c1-28(17-20-7-3-2-4-8-20)25(30)26-13-12-24(29)27-16-21-9-5-10-22(15-21)18-31-19-23-11-6-14-32-23/h2-11,14-15H,12-13,16-19H2,1H3,(H,26,30)(H,27,29). The average Bonchev–Trinajstić information content (AvgIpc) is 3.32. The summed E-state index contributed by atoms with van der Waals surface area (Å²) in [5.41, 5.74) is 3.07. The van der Waals surface area contributed by atoms with Crippen LogP contribution in [0, 0.1) is 0 Å². The minimum Gasteiger partial charge on any atom is -0.467 e. The fraction of sp³-hybridized carbons (Fsp3) is 0.280. The van der Waals surface area contributed by atoms with Crippen LogP contribution in [0.5, 0.6) is 0 Å². The second-order valence-electron chi connectivity index (χ2n) is 7.49. The molecule has 0 atom stereocenters. The Labute approximate surface area is 188 Å². The van der Waals surface area contributed by atoms with Crippen LogP contribution in [-0.4, -0.2) is 30.4 Å². The molecule has 0 spiro atoms. The molecule has 3 rings (SSSR count). The number of carbonyl (C=O) groups excluding carboxylic acids is 2. The molecule has 2 aromatic carbocycles. The summed E-state index contributed by atoms with van der Waals surface area (Å²) in [6.45, 7) is 2.10. The van der Waals surface area contributed by atoms with E-state index in [-0.39, 0.29) is 24.9 Å². The fourth-order valence-corrected chi connectivity index (χ4v) is 3.13. The Morgan fingerprint density at radius 1 is 0.906 bits per heavy atom. The Morgan fingerprint density at radius 3 is 2.47 bits per heavy atom. The molecular formula is C25H29N3O4. The average molecular weight is 436 g/mol. The molecule has 0 unspecified atom stereocenters. The lowest BCUT2D eigenvalue weighted by Gasteiger charge is -2.18. The minimum atomic E-state index is -0.205. The number of hydrogen-bond donors (Lipinski definition) is 2. The van der Waals surface area contributed by atoms with Gasteiger partial charge >= 0.3 is 6.03 Å². The molecule has 3 aromatic rings. The number of hydrogen-bond acceptors (Lipinski definition) is 4. The van der Waals surface area contributed by atoms with Crippen LogP contribution in [0.25, 0.3) is 0 Å². The van der Waals surface area contributed by atoms with Gasteiger partial charge in [-0.3, -0.25) is 4.79 Å². The molecule has 0 bridgehead atoms. The van der Waals surface area contributed by atoms with Gasteiger partial charge in [0, 0.05) is 33.1 Å². The summed E-state index contributed by atoms with van der Waals surface area (Å²) < 4.78 is 10.9. The van der Waals surface area contributed by atoms with Gasteiger partial charge in [-0.1, -0.05) is 54.6 Å². The van der Waals surface area contributed by atoms with Gasteiger partial charge in [0.25, 0.3) is 0 Å². The number of benzene rings is 2. The molecule has 0 aliphatic rings. The summed E-state index contributed by atoms with van der Waals surface area (Å²) in [6, 6.07) is 21.1. The van der Waals surface area contributed by atoms with Crippen LogP contribution in [-0.2, 0) is 35.8 Å². The van der Waals surface area contributed by atoms with Gasteiger partial charge in [-0.2, -0.15) is 0 Å². The number of furan rings is 1. The smallest absolute Gasteiger partial charge is 0.317 e. The Balaban J connectivity index is 1.32. The van der Waals surface area contributed by atoms with Crippen molar-refractivity contribution in [3.05, 3.63) is 95.4 Å². The number of ether oxygens (including phenoxy) is 1. The maximum atomic E-state index is 12.2. The van der Waals surface area contributed by atoms with Crippen molar-refractivity contribution in [3.8, 4) is 0 Å². The highest BCUT2D eigenvalue weighted by Crippen LogP contribution is 2.09. The van der Waals surface area contributed by atoms with E-state index in [0.29, 0.717) is 26.3 Å². The molecule has 0 saturated carbocycles. The molecule has 168 valence electrons.